The number of carbonyl (C=O) groups excluding carboxylic acids is 2. The summed E-state index contributed by atoms with van der Waals surface area (Å²) in [6, 6.07) is 16.7. The zero-order chi connectivity index (χ0) is 26.4. The van der Waals surface area contributed by atoms with Gasteiger partial charge in [-0.2, -0.15) is 0 Å². The molecule has 2 aromatic carbocycles. The molecule has 7 nitrogen and oxygen atoms in total. The average molecular weight is 522 g/mol. The van der Waals surface area contributed by atoms with E-state index in [1.807, 2.05) is 74.2 Å². The van der Waals surface area contributed by atoms with Crippen LogP contribution in [0.1, 0.15) is 35.9 Å². The molecule has 0 saturated heterocycles. The van der Waals surface area contributed by atoms with Crippen LogP contribution in [0.25, 0.3) is 0 Å². The third-order valence-electron chi connectivity index (χ3n) is 6.38. The van der Waals surface area contributed by atoms with Gasteiger partial charge in [-0.05, 0) is 60.5 Å². The van der Waals surface area contributed by atoms with Gasteiger partial charge in [-0.1, -0.05) is 43.7 Å². The molecule has 8 heteroatoms. The summed E-state index contributed by atoms with van der Waals surface area (Å²) in [5, 5.41) is 5.01. The molecule has 0 bridgehead atoms. The first-order valence-corrected chi connectivity index (χ1v) is 13.5. The van der Waals surface area contributed by atoms with Gasteiger partial charge in [-0.15, -0.1) is 11.3 Å². The van der Waals surface area contributed by atoms with E-state index in [0.29, 0.717) is 36.9 Å². The molecule has 0 saturated carbocycles. The van der Waals surface area contributed by atoms with E-state index in [4.69, 9.17) is 9.47 Å². The zero-order valence-electron chi connectivity index (χ0n) is 21.9. The molecule has 3 aromatic rings. The van der Waals surface area contributed by atoms with Crippen LogP contribution < -0.4 is 14.8 Å². The normalized spacial score (nSPS) is 14.7. The van der Waals surface area contributed by atoms with Gasteiger partial charge in [0.15, 0.2) is 11.5 Å². The molecule has 0 radical (unpaired) electrons. The molecule has 1 aliphatic heterocycles. The maximum atomic E-state index is 13.7. The molecule has 1 atom stereocenters. The maximum Gasteiger partial charge on any atom is 0.322 e. The Morgan fingerprint density at radius 2 is 1.84 bits per heavy atom. The highest BCUT2D eigenvalue weighted by Crippen LogP contribution is 2.35. The summed E-state index contributed by atoms with van der Waals surface area (Å²) in [5.41, 5.74) is 2.94. The van der Waals surface area contributed by atoms with Crippen molar-refractivity contribution in [2.75, 3.05) is 38.7 Å². The van der Waals surface area contributed by atoms with Gasteiger partial charge in [-0.25, -0.2) is 4.79 Å². The number of amides is 3. The number of urea groups is 1. The molecular formula is C29H35N3O4S. The molecule has 1 aromatic heterocycles. The Labute approximate surface area is 223 Å². The fraction of sp³-hybridized carbons (Fsp3) is 0.379. The Morgan fingerprint density at radius 1 is 1.11 bits per heavy atom. The first kappa shape index (κ1) is 26.5. The highest BCUT2D eigenvalue weighted by Gasteiger charge is 2.34. The molecular weight excluding hydrogens is 486 g/mol. The molecule has 1 unspecified atom stereocenters. The van der Waals surface area contributed by atoms with Gasteiger partial charge < -0.3 is 24.6 Å². The summed E-state index contributed by atoms with van der Waals surface area (Å²) in [5.74, 6) is 1.41. The van der Waals surface area contributed by atoms with E-state index in [9.17, 15) is 9.59 Å². The first-order valence-electron chi connectivity index (χ1n) is 12.6. The Morgan fingerprint density at radius 3 is 2.54 bits per heavy atom. The summed E-state index contributed by atoms with van der Waals surface area (Å²) in [6.45, 7) is 7.44. The number of fused-ring (bicyclic) bond motifs is 1. The SMILES string of the molecule is COc1ccccc1OCC1c2ccsc2CCN1C(=O)CN(CC(C)C)C(=O)Nc1ccc(C)cc1. The number of benzene rings is 2. The smallest absolute Gasteiger partial charge is 0.322 e. The predicted molar refractivity (Wildman–Crippen MR) is 148 cm³/mol. The van der Waals surface area contributed by atoms with Crippen molar-refractivity contribution >= 4 is 29.0 Å². The van der Waals surface area contributed by atoms with Crippen molar-refractivity contribution in [2.45, 2.75) is 33.2 Å². The number of nitrogens with one attached hydrogen (secondary N) is 1. The molecule has 2 heterocycles. The molecule has 0 fully saturated rings. The van der Waals surface area contributed by atoms with E-state index in [1.54, 1.807) is 23.3 Å². The summed E-state index contributed by atoms with van der Waals surface area (Å²) < 4.78 is 11.6. The van der Waals surface area contributed by atoms with Crippen molar-refractivity contribution in [2.24, 2.45) is 5.92 Å². The van der Waals surface area contributed by atoms with E-state index in [1.165, 1.54) is 4.88 Å². The topological polar surface area (TPSA) is 71.1 Å². The summed E-state index contributed by atoms with van der Waals surface area (Å²) in [7, 11) is 1.61. The molecule has 37 heavy (non-hydrogen) atoms. The highest BCUT2D eigenvalue weighted by atomic mass is 32.1. The van der Waals surface area contributed by atoms with Crippen LogP contribution in [0.5, 0.6) is 11.5 Å². The summed E-state index contributed by atoms with van der Waals surface area (Å²) in [4.78, 5) is 31.6. The summed E-state index contributed by atoms with van der Waals surface area (Å²) >= 11 is 1.71. The Hall–Kier alpha value is -3.52. The summed E-state index contributed by atoms with van der Waals surface area (Å²) in [6.07, 6.45) is 0.795. The molecule has 1 aliphatic rings. The number of ether oxygens (including phenoxy) is 2. The quantitative estimate of drug-likeness (QED) is 0.389. The number of hydrogen-bond acceptors (Lipinski definition) is 5. The van der Waals surface area contributed by atoms with Crippen molar-refractivity contribution in [1.29, 1.82) is 0 Å². The fourth-order valence-electron chi connectivity index (χ4n) is 4.53. The van der Waals surface area contributed by atoms with Crippen LogP contribution >= 0.6 is 11.3 Å². The molecule has 0 spiro atoms. The lowest BCUT2D eigenvalue weighted by molar-refractivity contribution is -0.135. The number of nitrogens with zero attached hydrogens (tertiary/aromatic N) is 2. The molecule has 4 rings (SSSR count). The number of hydrogen-bond donors (Lipinski definition) is 1. The molecule has 196 valence electrons. The van der Waals surface area contributed by atoms with Gasteiger partial charge in [0.25, 0.3) is 0 Å². The van der Waals surface area contributed by atoms with Crippen molar-refractivity contribution < 1.29 is 19.1 Å². The van der Waals surface area contributed by atoms with E-state index in [2.05, 4.69) is 16.8 Å². The van der Waals surface area contributed by atoms with E-state index in [-0.39, 0.29) is 30.4 Å². The number of anilines is 1. The minimum absolute atomic E-state index is 0.000499. The second-order valence-corrected chi connectivity index (χ2v) is 10.7. The number of rotatable bonds is 9. The van der Waals surface area contributed by atoms with Crippen molar-refractivity contribution in [3.63, 3.8) is 0 Å². The minimum Gasteiger partial charge on any atom is -0.493 e. The average Bonchev–Trinajstić information content (AvgIpc) is 3.37. The first-order chi connectivity index (χ1) is 17.9. The third kappa shape index (κ3) is 6.63. The van der Waals surface area contributed by atoms with Crippen LogP contribution in [0.4, 0.5) is 10.5 Å². The second-order valence-electron chi connectivity index (χ2n) is 9.68. The standard InChI is InChI=1S/C29H35N3O4S/c1-20(2)17-31(29(34)30-22-11-9-21(3)10-12-22)18-28(33)32-15-13-27-23(14-16-37-27)24(32)19-36-26-8-6-5-7-25(26)35-4/h5-12,14,16,20,24H,13,15,17-19H2,1-4H3,(H,30,34). The Bertz CT molecular complexity index is 1210. The maximum absolute atomic E-state index is 13.7. The highest BCUT2D eigenvalue weighted by molar-refractivity contribution is 7.10. The fourth-order valence-corrected chi connectivity index (χ4v) is 5.46. The minimum atomic E-state index is -0.277. The lowest BCUT2D eigenvalue weighted by Crippen LogP contribution is -2.49. The number of carbonyl (C=O) groups is 2. The van der Waals surface area contributed by atoms with Crippen LogP contribution in [-0.4, -0.2) is 55.1 Å². The van der Waals surface area contributed by atoms with Gasteiger partial charge in [0.2, 0.25) is 5.91 Å². The number of aryl methyl sites for hydroxylation is 1. The van der Waals surface area contributed by atoms with Gasteiger partial charge in [-0.3, -0.25) is 4.79 Å². The van der Waals surface area contributed by atoms with E-state index in [0.717, 1.165) is 17.5 Å². The Kier molecular flexibility index (Phi) is 8.71. The van der Waals surface area contributed by atoms with Gasteiger partial charge in [0.1, 0.15) is 13.2 Å². The van der Waals surface area contributed by atoms with Crippen molar-refractivity contribution in [1.82, 2.24) is 9.80 Å². The van der Waals surface area contributed by atoms with Crippen LogP contribution in [0.3, 0.4) is 0 Å². The lowest BCUT2D eigenvalue weighted by atomic mass is 10.0. The number of methoxy groups -OCH3 is 1. The zero-order valence-corrected chi connectivity index (χ0v) is 22.7. The number of thiophene rings is 1. The number of para-hydroxylation sites is 2. The predicted octanol–water partition coefficient (Wildman–Crippen LogP) is 5.76. The van der Waals surface area contributed by atoms with Crippen LogP contribution in [0, 0.1) is 12.8 Å². The second kappa shape index (κ2) is 12.1. The molecule has 3 amide bonds. The van der Waals surface area contributed by atoms with Crippen LogP contribution in [0.2, 0.25) is 0 Å². The largest absolute Gasteiger partial charge is 0.493 e. The van der Waals surface area contributed by atoms with Crippen LogP contribution in [-0.2, 0) is 11.2 Å². The molecule has 0 aliphatic carbocycles. The Balaban J connectivity index is 1.50. The van der Waals surface area contributed by atoms with E-state index < -0.39 is 0 Å². The van der Waals surface area contributed by atoms with Gasteiger partial charge in [0.05, 0.1) is 13.2 Å². The lowest BCUT2D eigenvalue weighted by Gasteiger charge is -2.37. The van der Waals surface area contributed by atoms with Gasteiger partial charge in [0, 0.05) is 23.7 Å². The van der Waals surface area contributed by atoms with Crippen molar-refractivity contribution in [3.05, 3.63) is 76.0 Å². The van der Waals surface area contributed by atoms with E-state index >= 15 is 0 Å². The van der Waals surface area contributed by atoms with Gasteiger partial charge >= 0.3 is 6.03 Å². The third-order valence-corrected chi connectivity index (χ3v) is 7.38. The molecule has 1 N–H and O–H groups in total. The van der Waals surface area contributed by atoms with Crippen molar-refractivity contribution in [3.8, 4) is 11.5 Å². The van der Waals surface area contributed by atoms with Crippen LogP contribution in [0.15, 0.2) is 60.0 Å². The monoisotopic (exact) mass is 521 g/mol.